The highest BCUT2D eigenvalue weighted by molar-refractivity contribution is 6.09. The van der Waals surface area contributed by atoms with Gasteiger partial charge in [0.1, 0.15) is 5.75 Å². The van der Waals surface area contributed by atoms with Crippen molar-refractivity contribution in [3.8, 4) is 5.75 Å². The number of nitrogens with one attached hydrogen (secondary N) is 1. The molecule has 1 unspecified atom stereocenters. The maximum atomic E-state index is 13.6. The molecule has 1 saturated carbocycles. The van der Waals surface area contributed by atoms with Crippen LogP contribution >= 0.6 is 0 Å². The predicted octanol–water partition coefficient (Wildman–Crippen LogP) is 7.58. The monoisotopic (exact) mass is 530 g/mol. The zero-order valence-electron chi connectivity index (χ0n) is 23.7. The van der Waals surface area contributed by atoms with Crippen molar-refractivity contribution < 1.29 is 19.0 Å². The van der Waals surface area contributed by atoms with Gasteiger partial charge in [0.15, 0.2) is 6.29 Å². The molecule has 3 aromatic rings. The van der Waals surface area contributed by atoms with Crippen LogP contribution in [0.3, 0.4) is 0 Å². The second-order valence-electron chi connectivity index (χ2n) is 11.1. The van der Waals surface area contributed by atoms with Gasteiger partial charge in [-0.3, -0.25) is 4.79 Å². The largest absolute Gasteiger partial charge is 0.497 e. The molecule has 0 radical (unpaired) electrons. The van der Waals surface area contributed by atoms with Gasteiger partial charge in [0.25, 0.3) is 5.91 Å². The first-order chi connectivity index (χ1) is 19.0. The van der Waals surface area contributed by atoms with Gasteiger partial charge in [-0.1, -0.05) is 51.8 Å². The highest BCUT2D eigenvalue weighted by Crippen LogP contribution is 2.42. The van der Waals surface area contributed by atoms with E-state index < -0.39 is 0 Å². The van der Waals surface area contributed by atoms with Crippen molar-refractivity contribution in [2.45, 2.75) is 65.2 Å². The second-order valence-corrected chi connectivity index (χ2v) is 11.1. The lowest BCUT2D eigenvalue weighted by molar-refractivity contribution is -0.0441. The third kappa shape index (κ3) is 6.39. The smallest absolute Gasteiger partial charge is 0.255 e. The minimum atomic E-state index is -0.325. The standard InChI is InChI=1S/C33H42N2O4/c1-5-7-30(23-8-9-23)35(21-22(3)6-2)31-19-26(18-25-12-15-28(37-4)20-29(25)31)32(36)34-27-13-10-24(11-14-27)33-38-16-17-39-33/h10-15,18-20,22-23,30,33H,5-9,16-17,21H2,1-4H3,(H,34,36)/t22-,30?/m0/s1. The molecule has 2 atom stereocenters. The number of amides is 1. The quantitative estimate of drug-likeness (QED) is 0.262. The molecule has 0 spiro atoms. The average molecular weight is 531 g/mol. The van der Waals surface area contributed by atoms with Crippen molar-refractivity contribution in [1.82, 2.24) is 0 Å². The summed E-state index contributed by atoms with van der Waals surface area (Å²) in [6.07, 6.45) is 5.67. The first kappa shape index (κ1) is 27.5. The molecular weight excluding hydrogens is 488 g/mol. The molecule has 2 aliphatic rings. The summed E-state index contributed by atoms with van der Waals surface area (Å²) in [5.74, 6) is 1.99. The van der Waals surface area contributed by atoms with E-state index in [1.165, 1.54) is 12.8 Å². The molecule has 1 aliphatic heterocycles. The van der Waals surface area contributed by atoms with Gasteiger partial charge in [0.05, 0.1) is 20.3 Å². The highest BCUT2D eigenvalue weighted by atomic mass is 16.7. The van der Waals surface area contributed by atoms with E-state index in [4.69, 9.17) is 14.2 Å². The highest BCUT2D eigenvalue weighted by Gasteiger charge is 2.36. The van der Waals surface area contributed by atoms with Crippen LogP contribution < -0.4 is 15.0 Å². The molecule has 1 aliphatic carbocycles. The van der Waals surface area contributed by atoms with E-state index in [0.717, 1.165) is 65.2 Å². The van der Waals surface area contributed by atoms with Crippen LogP contribution in [0.5, 0.6) is 5.75 Å². The van der Waals surface area contributed by atoms with Crippen LogP contribution in [-0.2, 0) is 9.47 Å². The van der Waals surface area contributed by atoms with E-state index in [1.54, 1.807) is 7.11 Å². The molecule has 1 N–H and O–H groups in total. The Bertz CT molecular complexity index is 1260. The lowest BCUT2D eigenvalue weighted by Crippen LogP contribution is -2.40. The fourth-order valence-corrected chi connectivity index (χ4v) is 5.59. The van der Waals surface area contributed by atoms with Crippen molar-refractivity contribution >= 4 is 28.1 Å². The van der Waals surface area contributed by atoms with Crippen LogP contribution in [0.25, 0.3) is 10.8 Å². The third-order valence-corrected chi connectivity index (χ3v) is 8.13. The maximum Gasteiger partial charge on any atom is 0.255 e. The van der Waals surface area contributed by atoms with Crippen molar-refractivity contribution in [1.29, 1.82) is 0 Å². The molecule has 3 aromatic carbocycles. The van der Waals surface area contributed by atoms with Gasteiger partial charge in [-0.05, 0) is 72.9 Å². The molecule has 6 nitrogen and oxygen atoms in total. The van der Waals surface area contributed by atoms with Gasteiger partial charge in [0, 0.05) is 40.5 Å². The van der Waals surface area contributed by atoms with Gasteiger partial charge >= 0.3 is 0 Å². The van der Waals surface area contributed by atoms with Gasteiger partial charge < -0.3 is 24.4 Å². The number of carbonyl (C=O) groups is 1. The topological polar surface area (TPSA) is 60.0 Å². The van der Waals surface area contributed by atoms with E-state index in [0.29, 0.717) is 30.7 Å². The van der Waals surface area contributed by atoms with Crippen LogP contribution in [-0.4, -0.2) is 38.8 Å². The van der Waals surface area contributed by atoms with Crippen molar-refractivity contribution in [2.75, 3.05) is 37.1 Å². The number of methoxy groups -OCH3 is 1. The molecule has 208 valence electrons. The molecule has 1 heterocycles. The number of ether oxygens (including phenoxy) is 3. The molecule has 2 fully saturated rings. The summed E-state index contributed by atoms with van der Waals surface area (Å²) in [5.41, 5.74) is 3.49. The number of hydrogen-bond acceptors (Lipinski definition) is 5. The van der Waals surface area contributed by atoms with Gasteiger partial charge in [-0.2, -0.15) is 0 Å². The zero-order valence-corrected chi connectivity index (χ0v) is 23.7. The number of carbonyl (C=O) groups excluding carboxylic acids is 1. The fraction of sp³-hybridized carbons (Fsp3) is 0.485. The number of hydrogen-bond donors (Lipinski definition) is 1. The first-order valence-corrected chi connectivity index (χ1v) is 14.5. The van der Waals surface area contributed by atoms with E-state index in [-0.39, 0.29) is 12.2 Å². The summed E-state index contributed by atoms with van der Waals surface area (Å²) >= 11 is 0. The normalized spacial score (nSPS) is 17.2. The minimum Gasteiger partial charge on any atom is -0.497 e. The Kier molecular flexibility index (Phi) is 8.73. The summed E-state index contributed by atoms with van der Waals surface area (Å²) in [7, 11) is 1.71. The first-order valence-electron chi connectivity index (χ1n) is 14.5. The molecule has 39 heavy (non-hydrogen) atoms. The molecule has 6 heteroatoms. The second kappa shape index (κ2) is 12.4. The maximum absolute atomic E-state index is 13.6. The Morgan fingerprint density at radius 3 is 2.44 bits per heavy atom. The Morgan fingerprint density at radius 1 is 1.05 bits per heavy atom. The zero-order chi connectivity index (χ0) is 27.4. The molecule has 5 rings (SSSR count). The SMILES string of the molecule is CCCC(C1CC1)N(C[C@@H](C)CC)c1cc(C(=O)Nc2ccc(C3OCCO3)cc2)cc2ccc(OC)cc12. The van der Waals surface area contributed by atoms with Gasteiger partial charge in [0.2, 0.25) is 0 Å². The van der Waals surface area contributed by atoms with Crippen LogP contribution in [0.1, 0.15) is 75.1 Å². The molecule has 0 aromatic heterocycles. The lowest BCUT2D eigenvalue weighted by atomic mass is 9.97. The molecule has 1 amide bonds. The lowest BCUT2D eigenvalue weighted by Gasteiger charge is -2.37. The number of rotatable bonds is 12. The predicted molar refractivity (Wildman–Crippen MR) is 158 cm³/mol. The Hall–Kier alpha value is -3.09. The number of benzene rings is 3. The van der Waals surface area contributed by atoms with Crippen molar-refractivity contribution in [2.24, 2.45) is 11.8 Å². The number of anilines is 2. The van der Waals surface area contributed by atoms with Crippen molar-refractivity contribution in [3.05, 3.63) is 65.7 Å². The third-order valence-electron chi connectivity index (χ3n) is 8.13. The summed E-state index contributed by atoms with van der Waals surface area (Å²) in [5, 5.41) is 5.29. The van der Waals surface area contributed by atoms with E-state index in [9.17, 15) is 4.79 Å². The summed E-state index contributed by atoms with van der Waals surface area (Å²) in [6.45, 7) is 9.05. The number of fused-ring (bicyclic) bond motifs is 1. The van der Waals surface area contributed by atoms with Gasteiger partial charge in [-0.15, -0.1) is 0 Å². The fourth-order valence-electron chi connectivity index (χ4n) is 5.59. The molecular formula is C33H42N2O4. The van der Waals surface area contributed by atoms with E-state index in [1.807, 2.05) is 36.4 Å². The van der Waals surface area contributed by atoms with Crippen LogP contribution in [0.2, 0.25) is 0 Å². The minimum absolute atomic E-state index is 0.114. The molecule has 0 bridgehead atoms. The Morgan fingerprint density at radius 2 is 1.79 bits per heavy atom. The average Bonchev–Trinajstić information content (AvgIpc) is 3.66. The molecule has 1 saturated heterocycles. The number of nitrogens with zero attached hydrogens (tertiary/aromatic N) is 1. The van der Waals surface area contributed by atoms with Crippen LogP contribution in [0, 0.1) is 11.8 Å². The summed E-state index contributed by atoms with van der Waals surface area (Å²) in [4.78, 5) is 16.2. The van der Waals surface area contributed by atoms with Crippen LogP contribution in [0.15, 0.2) is 54.6 Å². The Balaban J connectivity index is 1.50. The van der Waals surface area contributed by atoms with E-state index >= 15 is 0 Å². The van der Waals surface area contributed by atoms with E-state index in [2.05, 4.69) is 49.2 Å². The summed E-state index contributed by atoms with van der Waals surface area (Å²) in [6, 6.07) is 18.4. The summed E-state index contributed by atoms with van der Waals surface area (Å²) < 4.78 is 16.8. The van der Waals surface area contributed by atoms with Crippen molar-refractivity contribution in [3.63, 3.8) is 0 Å². The Labute approximate surface area is 232 Å². The van der Waals surface area contributed by atoms with Crippen LogP contribution in [0.4, 0.5) is 11.4 Å². The van der Waals surface area contributed by atoms with Gasteiger partial charge in [-0.25, -0.2) is 0 Å².